The summed E-state index contributed by atoms with van der Waals surface area (Å²) in [4.78, 5) is 27.0. The van der Waals surface area contributed by atoms with Crippen LogP contribution in [0.5, 0.6) is 0 Å². The average molecular weight is 333 g/mol. The van der Waals surface area contributed by atoms with Crippen molar-refractivity contribution in [3.63, 3.8) is 0 Å². The lowest BCUT2D eigenvalue weighted by molar-refractivity contribution is -0.116. The Morgan fingerprint density at radius 3 is 2.64 bits per heavy atom. The summed E-state index contributed by atoms with van der Waals surface area (Å²) in [7, 11) is 0. The van der Waals surface area contributed by atoms with Gasteiger partial charge in [0.05, 0.1) is 16.7 Å². The third kappa shape index (κ3) is 2.94. The molecule has 25 heavy (non-hydrogen) atoms. The molecule has 0 unspecified atom stereocenters. The monoisotopic (exact) mass is 333 g/mol. The molecule has 124 valence electrons. The maximum atomic E-state index is 12.3. The number of hydrogen-bond donors (Lipinski definition) is 3. The average Bonchev–Trinajstić information content (AvgIpc) is 3.25. The molecular weight excluding hydrogens is 318 g/mol. The van der Waals surface area contributed by atoms with E-state index >= 15 is 0 Å². The van der Waals surface area contributed by atoms with Crippen LogP contribution in [0.25, 0.3) is 22.3 Å². The van der Waals surface area contributed by atoms with Gasteiger partial charge in [0.15, 0.2) is 0 Å². The first kappa shape index (κ1) is 14.9. The molecule has 0 saturated carbocycles. The highest BCUT2D eigenvalue weighted by Crippen LogP contribution is 2.19. The summed E-state index contributed by atoms with van der Waals surface area (Å²) in [5.41, 5.74) is 3.67. The number of nitrogens with zero attached hydrogens (tertiary/aromatic N) is 2. The van der Waals surface area contributed by atoms with Gasteiger partial charge in [0.2, 0.25) is 5.91 Å². The fraction of sp³-hybridized carbons (Fsp3) is 0.0556. The van der Waals surface area contributed by atoms with E-state index in [2.05, 4.69) is 20.5 Å². The predicted octanol–water partition coefficient (Wildman–Crippen LogP) is 2.36. The minimum Gasteiger partial charge on any atom is -0.325 e. The topological polar surface area (TPSA) is 95.6 Å². The first-order chi connectivity index (χ1) is 12.2. The van der Waals surface area contributed by atoms with Crippen molar-refractivity contribution in [3.05, 3.63) is 71.3 Å². The Bertz CT molecular complexity index is 1070. The van der Waals surface area contributed by atoms with Crippen LogP contribution in [0.4, 0.5) is 5.69 Å². The van der Waals surface area contributed by atoms with Crippen LogP contribution in [0.2, 0.25) is 0 Å². The molecule has 2 heterocycles. The summed E-state index contributed by atoms with van der Waals surface area (Å²) in [5, 5.41) is 9.61. The van der Waals surface area contributed by atoms with Gasteiger partial charge in [0.1, 0.15) is 6.54 Å². The Morgan fingerprint density at radius 1 is 1.08 bits per heavy atom. The SMILES string of the molecule is O=C(Cn1c(=O)[nH]c2ccccc21)Nc1ccc(-c2ccn[nH]2)cc1. The molecule has 0 radical (unpaired) electrons. The normalized spacial score (nSPS) is 10.9. The van der Waals surface area contributed by atoms with Crippen LogP contribution < -0.4 is 11.0 Å². The predicted molar refractivity (Wildman–Crippen MR) is 95.2 cm³/mol. The van der Waals surface area contributed by atoms with Gasteiger partial charge < -0.3 is 10.3 Å². The van der Waals surface area contributed by atoms with E-state index in [1.165, 1.54) is 4.57 Å². The molecule has 4 rings (SSSR count). The van der Waals surface area contributed by atoms with Crippen molar-refractivity contribution < 1.29 is 4.79 Å². The molecule has 0 spiro atoms. The number of fused-ring (bicyclic) bond motifs is 1. The molecule has 0 aliphatic rings. The number of para-hydroxylation sites is 2. The minimum absolute atomic E-state index is 0.0504. The maximum Gasteiger partial charge on any atom is 0.326 e. The van der Waals surface area contributed by atoms with E-state index in [-0.39, 0.29) is 18.1 Å². The number of nitrogens with one attached hydrogen (secondary N) is 3. The van der Waals surface area contributed by atoms with Gasteiger partial charge >= 0.3 is 5.69 Å². The number of imidazole rings is 1. The molecule has 4 aromatic rings. The Hall–Kier alpha value is -3.61. The third-order valence-electron chi connectivity index (χ3n) is 3.96. The molecule has 3 N–H and O–H groups in total. The molecule has 0 atom stereocenters. The van der Waals surface area contributed by atoms with Crippen LogP contribution in [0, 0.1) is 0 Å². The number of aromatic nitrogens is 4. The lowest BCUT2D eigenvalue weighted by Crippen LogP contribution is -2.25. The fourth-order valence-electron chi connectivity index (χ4n) is 2.76. The first-order valence-electron chi connectivity index (χ1n) is 7.78. The fourth-order valence-corrected chi connectivity index (χ4v) is 2.76. The summed E-state index contributed by atoms with van der Waals surface area (Å²) in [6.45, 7) is -0.0504. The van der Waals surface area contributed by atoms with E-state index in [0.29, 0.717) is 16.7 Å². The van der Waals surface area contributed by atoms with Crippen molar-refractivity contribution in [1.82, 2.24) is 19.7 Å². The van der Waals surface area contributed by atoms with Gasteiger partial charge in [0, 0.05) is 11.9 Å². The molecule has 1 amide bonds. The lowest BCUT2D eigenvalue weighted by atomic mass is 10.1. The largest absolute Gasteiger partial charge is 0.326 e. The van der Waals surface area contributed by atoms with E-state index in [0.717, 1.165) is 11.3 Å². The number of carbonyl (C=O) groups excluding carboxylic acids is 1. The van der Waals surface area contributed by atoms with Crippen molar-refractivity contribution in [2.45, 2.75) is 6.54 Å². The van der Waals surface area contributed by atoms with Crippen molar-refractivity contribution >= 4 is 22.6 Å². The first-order valence-corrected chi connectivity index (χ1v) is 7.78. The Kier molecular flexibility index (Phi) is 3.66. The molecule has 2 aromatic heterocycles. The van der Waals surface area contributed by atoms with Gasteiger partial charge in [-0.25, -0.2) is 4.79 Å². The Balaban J connectivity index is 1.50. The summed E-state index contributed by atoms with van der Waals surface area (Å²) >= 11 is 0. The van der Waals surface area contributed by atoms with E-state index < -0.39 is 0 Å². The standard InChI is InChI=1S/C18H15N5O2/c24-17(11-23-16-4-2-1-3-15(16)21-18(23)25)20-13-7-5-12(6-8-13)14-9-10-19-22-14/h1-10H,11H2,(H,19,22)(H,20,24)(H,21,25). The van der Waals surface area contributed by atoms with Gasteiger partial charge in [-0.2, -0.15) is 5.10 Å². The van der Waals surface area contributed by atoms with Crippen molar-refractivity contribution in [3.8, 4) is 11.3 Å². The van der Waals surface area contributed by atoms with Crippen LogP contribution in [0.3, 0.4) is 0 Å². The second kappa shape index (κ2) is 6.12. The van der Waals surface area contributed by atoms with Crippen LogP contribution in [0.1, 0.15) is 0 Å². The van der Waals surface area contributed by atoms with E-state index in [1.807, 2.05) is 42.5 Å². The van der Waals surface area contributed by atoms with Gasteiger partial charge in [-0.1, -0.05) is 24.3 Å². The zero-order valence-electron chi connectivity index (χ0n) is 13.2. The van der Waals surface area contributed by atoms with Crippen LogP contribution in [-0.2, 0) is 11.3 Å². The molecule has 0 aliphatic carbocycles. The third-order valence-corrected chi connectivity index (χ3v) is 3.96. The zero-order chi connectivity index (χ0) is 17.2. The molecule has 2 aromatic carbocycles. The van der Waals surface area contributed by atoms with Gasteiger partial charge in [-0.05, 0) is 35.9 Å². The molecule has 7 heteroatoms. The molecular formula is C18H15N5O2. The smallest absolute Gasteiger partial charge is 0.325 e. The number of amides is 1. The van der Waals surface area contributed by atoms with Crippen molar-refractivity contribution in [2.75, 3.05) is 5.32 Å². The van der Waals surface area contributed by atoms with Crippen LogP contribution in [-0.4, -0.2) is 25.7 Å². The van der Waals surface area contributed by atoms with Crippen LogP contribution >= 0.6 is 0 Å². The van der Waals surface area contributed by atoms with E-state index in [4.69, 9.17) is 0 Å². The number of H-pyrrole nitrogens is 2. The molecule has 0 bridgehead atoms. The zero-order valence-corrected chi connectivity index (χ0v) is 13.2. The van der Waals surface area contributed by atoms with Gasteiger partial charge in [-0.3, -0.25) is 14.5 Å². The quantitative estimate of drug-likeness (QED) is 0.535. The second-order valence-electron chi connectivity index (χ2n) is 5.63. The molecule has 0 fully saturated rings. The Morgan fingerprint density at radius 2 is 1.88 bits per heavy atom. The number of anilines is 1. The number of benzene rings is 2. The van der Waals surface area contributed by atoms with E-state index in [1.54, 1.807) is 18.3 Å². The number of rotatable bonds is 4. The second-order valence-corrected chi connectivity index (χ2v) is 5.63. The molecule has 0 saturated heterocycles. The summed E-state index contributed by atoms with van der Waals surface area (Å²) in [6.07, 6.45) is 1.68. The maximum absolute atomic E-state index is 12.3. The number of hydrogen-bond acceptors (Lipinski definition) is 3. The van der Waals surface area contributed by atoms with Crippen LogP contribution in [0.15, 0.2) is 65.6 Å². The number of aromatic amines is 2. The summed E-state index contributed by atoms with van der Waals surface area (Å²) in [5.74, 6) is -0.263. The van der Waals surface area contributed by atoms with Gasteiger partial charge in [-0.15, -0.1) is 0 Å². The highest BCUT2D eigenvalue weighted by Gasteiger charge is 2.10. The summed E-state index contributed by atoms with van der Waals surface area (Å²) < 4.78 is 1.42. The Labute approximate surface area is 142 Å². The highest BCUT2D eigenvalue weighted by atomic mass is 16.2. The summed E-state index contributed by atoms with van der Waals surface area (Å²) in [6, 6.07) is 16.6. The lowest BCUT2D eigenvalue weighted by Gasteiger charge is -2.07. The van der Waals surface area contributed by atoms with Crippen molar-refractivity contribution in [1.29, 1.82) is 0 Å². The van der Waals surface area contributed by atoms with Gasteiger partial charge in [0.25, 0.3) is 0 Å². The molecule has 0 aliphatic heterocycles. The highest BCUT2D eigenvalue weighted by molar-refractivity contribution is 5.91. The molecule has 7 nitrogen and oxygen atoms in total. The van der Waals surface area contributed by atoms with E-state index in [9.17, 15) is 9.59 Å². The van der Waals surface area contributed by atoms with Crippen molar-refractivity contribution in [2.24, 2.45) is 0 Å². The minimum atomic E-state index is -0.300. The number of carbonyl (C=O) groups is 1.